The van der Waals surface area contributed by atoms with E-state index in [0.717, 1.165) is 5.56 Å². The molecule has 2 heterocycles. The summed E-state index contributed by atoms with van der Waals surface area (Å²) in [7, 11) is -3.85. The highest BCUT2D eigenvalue weighted by molar-refractivity contribution is 7.89. The Kier molecular flexibility index (Phi) is 7.37. The van der Waals surface area contributed by atoms with Crippen LogP contribution < -0.4 is 0 Å². The van der Waals surface area contributed by atoms with Crippen LogP contribution in [0.2, 0.25) is 10.0 Å². The number of benzene rings is 2. The number of halogens is 2. The van der Waals surface area contributed by atoms with Crippen molar-refractivity contribution in [3.8, 4) is 0 Å². The third-order valence-corrected chi connectivity index (χ3v) is 8.75. The van der Waals surface area contributed by atoms with Crippen molar-refractivity contribution in [1.29, 1.82) is 0 Å². The molecule has 2 saturated heterocycles. The molecule has 2 aliphatic rings. The zero-order valence-corrected chi connectivity index (χ0v) is 20.8. The first kappa shape index (κ1) is 24.8. The lowest BCUT2D eigenvalue weighted by Gasteiger charge is -2.36. The number of nitrogens with zero attached hydrogens (tertiary/aromatic N) is 2. The largest absolute Gasteiger partial charge is 0.459 e. The lowest BCUT2D eigenvalue weighted by molar-refractivity contribution is -0.150. The fourth-order valence-corrected chi connectivity index (χ4v) is 6.96. The summed E-state index contributed by atoms with van der Waals surface area (Å²) in [6.07, 6.45) is 0.0989. The maximum absolute atomic E-state index is 13.2. The van der Waals surface area contributed by atoms with E-state index in [9.17, 15) is 18.0 Å². The second kappa shape index (κ2) is 10.1. The molecule has 182 valence electrons. The number of ether oxygens (including phenoxy) is 2. The number of piperidine rings is 1. The molecule has 0 unspecified atom stereocenters. The van der Waals surface area contributed by atoms with Crippen molar-refractivity contribution in [2.24, 2.45) is 0 Å². The van der Waals surface area contributed by atoms with Crippen molar-refractivity contribution in [2.75, 3.05) is 19.7 Å². The Bertz CT molecular complexity index is 1160. The molecule has 2 aromatic carbocycles. The van der Waals surface area contributed by atoms with Crippen LogP contribution in [0.5, 0.6) is 0 Å². The van der Waals surface area contributed by atoms with Crippen LogP contribution in [0.25, 0.3) is 0 Å². The molecule has 0 bridgehead atoms. The van der Waals surface area contributed by atoms with Crippen LogP contribution in [-0.2, 0) is 30.9 Å². The minimum atomic E-state index is -3.85. The molecule has 1 amide bonds. The normalized spacial score (nSPS) is 19.8. The zero-order valence-electron chi connectivity index (χ0n) is 18.4. The molecule has 0 saturated carbocycles. The Balaban J connectivity index is 1.42. The van der Waals surface area contributed by atoms with Crippen LogP contribution >= 0.6 is 23.2 Å². The Morgan fingerprint density at radius 3 is 2.47 bits per heavy atom. The van der Waals surface area contributed by atoms with E-state index in [1.165, 1.54) is 15.3 Å². The van der Waals surface area contributed by atoms with Crippen LogP contribution in [0.1, 0.15) is 24.0 Å². The maximum atomic E-state index is 13.2. The Labute approximate surface area is 208 Å². The summed E-state index contributed by atoms with van der Waals surface area (Å²) in [5.41, 5.74) is 1.30. The zero-order chi connectivity index (χ0) is 24.5. The van der Waals surface area contributed by atoms with E-state index in [4.69, 9.17) is 32.7 Å². The van der Waals surface area contributed by atoms with Crippen LogP contribution in [0, 0.1) is 6.92 Å². The van der Waals surface area contributed by atoms with Gasteiger partial charge >= 0.3 is 12.1 Å². The molecular formula is C23H24Cl2N2O6S. The van der Waals surface area contributed by atoms with Gasteiger partial charge in [0.15, 0.2) is 6.04 Å². The first-order chi connectivity index (χ1) is 16.2. The number of rotatable bonds is 6. The Morgan fingerprint density at radius 1 is 1.15 bits per heavy atom. The van der Waals surface area contributed by atoms with E-state index in [0.29, 0.717) is 23.4 Å². The summed E-state index contributed by atoms with van der Waals surface area (Å²) in [4.78, 5) is 26.5. The van der Waals surface area contributed by atoms with Gasteiger partial charge in [-0.3, -0.25) is 4.90 Å². The van der Waals surface area contributed by atoms with Gasteiger partial charge in [0.05, 0.1) is 5.02 Å². The van der Waals surface area contributed by atoms with Crippen molar-refractivity contribution in [3.63, 3.8) is 0 Å². The van der Waals surface area contributed by atoms with E-state index < -0.39 is 28.1 Å². The summed E-state index contributed by atoms with van der Waals surface area (Å²) in [6.45, 7) is 1.98. The molecule has 2 fully saturated rings. The fourth-order valence-electron chi connectivity index (χ4n) is 4.35. The molecule has 11 heteroatoms. The average Bonchev–Trinajstić information content (AvgIpc) is 3.19. The van der Waals surface area contributed by atoms with Crippen LogP contribution in [0.15, 0.2) is 47.4 Å². The Hall–Kier alpha value is -2.33. The molecule has 0 N–H and O–H groups in total. The number of hydrogen-bond donors (Lipinski definition) is 0. The van der Waals surface area contributed by atoms with Gasteiger partial charge in [-0.25, -0.2) is 18.0 Å². The van der Waals surface area contributed by atoms with Gasteiger partial charge in [-0.05, 0) is 43.0 Å². The van der Waals surface area contributed by atoms with Crippen molar-refractivity contribution < 1.29 is 27.5 Å². The quantitative estimate of drug-likeness (QED) is 0.527. The number of hydrogen-bond acceptors (Lipinski definition) is 6. The molecule has 1 atom stereocenters. The van der Waals surface area contributed by atoms with E-state index in [-0.39, 0.29) is 42.3 Å². The van der Waals surface area contributed by atoms with Gasteiger partial charge in [-0.2, -0.15) is 4.31 Å². The summed E-state index contributed by atoms with van der Waals surface area (Å²) in [5, 5.41) is 0.425. The molecule has 2 aliphatic heterocycles. The van der Waals surface area contributed by atoms with Gasteiger partial charge in [-0.15, -0.1) is 0 Å². The highest BCUT2D eigenvalue weighted by Gasteiger charge is 2.45. The van der Waals surface area contributed by atoms with Crippen LogP contribution in [0.4, 0.5) is 4.79 Å². The SMILES string of the molecule is Cc1cc(Cl)cc(Cl)c1S(=O)(=O)N1CCC(N2C(=O)OC[C@H]2C(=O)OCc2ccccc2)CC1. The van der Waals surface area contributed by atoms with Crippen molar-refractivity contribution in [1.82, 2.24) is 9.21 Å². The smallest absolute Gasteiger partial charge is 0.410 e. The van der Waals surface area contributed by atoms with Crippen molar-refractivity contribution in [3.05, 3.63) is 63.6 Å². The number of carbonyl (C=O) groups is 2. The lowest BCUT2D eigenvalue weighted by Crippen LogP contribution is -2.52. The minimum absolute atomic E-state index is 0.0277. The lowest BCUT2D eigenvalue weighted by atomic mass is 10.0. The van der Waals surface area contributed by atoms with E-state index in [2.05, 4.69) is 0 Å². The van der Waals surface area contributed by atoms with Crippen LogP contribution in [0.3, 0.4) is 0 Å². The fraction of sp³-hybridized carbons (Fsp3) is 0.391. The average molecular weight is 527 g/mol. The summed E-state index contributed by atoms with van der Waals surface area (Å²) in [6, 6.07) is 11.0. The molecule has 0 spiro atoms. The standard InChI is InChI=1S/C23H24Cl2N2O6S/c1-15-11-17(24)12-19(25)21(15)34(30,31)26-9-7-18(8-10-26)27-20(14-33-23(27)29)22(28)32-13-16-5-3-2-4-6-16/h2-6,11-12,18,20H,7-10,13-14H2,1H3/t20-/m0/s1. The third-order valence-electron chi connectivity index (χ3n) is 6.02. The van der Waals surface area contributed by atoms with E-state index in [1.807, 2.05) is 30.3 Å². The van der Waals surface area contributed by atoms with Gasteiger partial charge in [0, 0.05) is 24.2 Å². The molecule has 34 heavy (non-hydrogen) atoms. The number of esters is 1. The summed E-state index contributed by atoms with van der Waals surface area (Å²) < 4.78 is 38.4. The molecular weight excluding hydrogens is 503 g/mol. The first-order valence-electron chi connectivity index (χ1n) is 10.8. The highest BCUT2D eigenvalue weighted by Crippen LogP contribution is 2.33. The summed E-state index contributed by atoms with van der Waals surface area (Å²) >= 11 is 12.2. The number of sulfonamides is 1. The molecule has 4 rings (SSSR count). The predicted octanol–water partition coefficient (Wildman–Crippen LogP) is 4.02. The number of cyclic esters (lactones) is 1. The second-order valence-electron chi connectivity index (χ2n) is 8.26. The number of aryl methyl sites for hydroxylation is 1. The second-order valence-corrected chi connectivity index (χ2v) is 11.0. The number of amides is 1. The molecule has 0 radical (unpaired) electrons. The molecule has 0 aromatic heterocycles. The minimum Gasteiger partial charge on any atom is -0.459 e. The monoisotopic (exact) mass is 526 g/mol. The topological polar surface area (TPSA) is 93.2 Å². The van der Waals surface area contributed by atoms with Crippen molar-refractivity contribution in [2.45, 2.75) is 43.4 Å². The first-order valence-corrected chi connectivity index (χ1v) is 13.0. The van der Waals surface area contributed by atoms with Gasteiger partial charge in [0.2, 0.25) is 10.0 Å². The molecule has 0 aliphatic carbocycles. The van der Waals surface area contributed by atoms with Crippen LogP contribution in [-0.4, -0.2) is 61.5 Å². The highest BCUT2D eigenvalue weighted by atomic mass is 35.5. The predicted molar refractivity (Wildman–Crippen MR) is 126 cm³/mol. The molecule has 8 nitrogen and oxygen atoms in total. The maximum Gasteiger partial charge on any atom is 0.410 e. The molecule has 2 aromatic rings. The third kappa shape index (κ3) is 5.02. The number of carbonyl (C=O) groups excluding carboxylic acids is 2. The van der Waals surface area contributed by atoms with E-state index >= 15 is 0 Å². The Morgan fingerprint density at radius 2 is 1.82 bits per heavy atom. The van der Waals surface area contributed by atoms with Crippen molar-refractivity contribution >= 4 is 45.3 Å². The van der Waals surface area contributed by atoms with Gasteiger partial charge in [0.25, 0.3) is 0 Å². The van der Waals surface area contributed by atoms with Gasteiger partial charge in [0.1, 0.15) is 18.1 Å². The van der Waals surface area contributed by atoms with Gasteiger partial charge < -0.3 is 9.47 Å². The summed E-state index contributed by atoms with van der Waals surface area (Å²) in [5.74, 6) is -0.548. The van der Waals surface area contributed by atoms with Gasteiger partial charge in [-0.1, -0.05) is 53.5 Å². The van der Waals surface area contributed by atoms with E-state index in [1.54, 1.807) is 13.0 Å².